The summed E-state index contributed by atoms with van der Waals surface area (Å²) < 4.78 is 6.17. The van der Waals surface area contributed by atoms with Crippen LogP contribution in [0, 0.1) is 0 Å². The second-order valence-electron chi connectivity index (χ2n) is 6.27. The molecule has 0 aromatic heterocycles. The first-order valence-electron chi connectivity index (χ1n) is 8.60. The second kappa shape index (κ2) is 9.73. The van der Waals surface area contributed by atoms with Crippen LogP contribution >= 0.6 is 24.0 Å². The van der Waals surface area contributed by atoms with Crippen LogP contribution in [0.1, 0.15) is 45.1 Å². The van der Waals surface area contributed by atoms with Gasteiger partial charge in [0.05, 0.1) is 11.0 Å². The number of unbranched alkanes of at least 4 members (excludes halogenated alkanes) is 2. The minimum absolute atomic E-state index is 0.0826. The first-order valence-corrected chi connectivity index (χ1v) is 9.83. The van der Waals surface area contributed by atoms with E-state index < -0.39 is 5.97 Å². The standard InChI is InChI=1S/C19H23NO4S2/c1-13(2)24-15-9-7-14(8-10-15)12-16-18(23)20(19(25)26-16)11-5-3-4-6-17(21)22/h7-10,12-13H,3-6,11H2,1-2H3,(H,21,22)/b16-12-. The molecule has 1 aromatic carbocycles. The number of thiocarbonyl (C=S) groups is 1. The van der Waals surface area contributed by atoms with E-state index in [1.165, 1.54) is 11.8 Å². The predicted octanol–water partition coefficient (Wildman–Crippen LogP) is 4.32. The van der Waals surface area contributed by atoms with Crippen molar-refractivity contribution in [3.05, 3.63) is 34.7 Å². The van der Waals surface area contributed by atoms with Crippen molar-refractivity contribution in [1.29, 1.82) is 0 Å². The minimum Gasteiger partial charge on any atom is -0.491 e. The number of nitrogens with zero attached hydrogens (tertiary/aromatic N) is 1. The molecule has 1 fully saturated rings. The summed E-state index contributed by atoms with van der Waals surface area (Å²) in [6, 6.07) is 7.59. The lowest BCUT2D eigenvalue weighted by atomic mass is 10.2. The van der Waals surface area contributed by atoms with Crippen molar-refractivity contribution >= 4 is 46.3 Å². The van der Waals surface area contributed by atoms with Gasteiger partial charge in [0, 0.05) is 13.0 Å². The number of hydrogen-bond donors (Lipinski definition) is 1. The molecule has 1 aromatic rings. The largest absolute Gasteiger partial charge is 0.491 e. The van der Waals surface area contributed by atoms with Gasteiger partial charge in [0.1, 0.15) is 10.1 Å². The molecule has 1 amide bonds. The molecule has 5 nitrogen and oxygen atoms in total. The molecule has 0 radical (unpaired) electrons. The normalized spacial score (nSPS) is 16.0. The Kier molecular flexibility index (Phi) is 7.66. The average molecular weight is 394 g/mol. The highest BCUT2D eigenvalue weighted by atomic mass is 32.2. The first kappa shape index (κ1) is 20.5. The molecule has 0 bridgehead atoms. The van der Waals surface area contributed by atoms with Crippen LogP contribution in [-0.2, 0) is 9.59 Å². The molecule has 0 spiro atoms. The lowest BCUT2D eigenvalue weighted by molar-refractivity contribution is -0.137. The average Bonchev–Trinajstić information content (AvgIpc) is 2.83. The number of aliphatic carboxylic acids is 1. The third-order valence-corrected chi connectivity index (χ3v) is 5.07. The number of carboxylic acids is 1. The van der Waals surface area contributed by atoms with Crippen LogP contribution in [0.5, 0.6) is 5.75 Å². The van der Waals surface area contributed by atoms with Crippen LogP contribution in [0.15, 0.2) is 29.2 Å². The molecule has 0 saturated carbocycles. The molecule has 0 atom stereocenters. The molecule has 1 saturated heterocycles. The first-order chi connectivity index (χ1) is 12.4. The highest BCUT2D eigenvalue weighted by Crippen LogP contribution is 2.33. The van der Waals surface area contributed by atoms with Gasteiger partial charge in [-0.3, -0.25) is 14.5 Å². The van der Waals surface area contributed by atoms with Crippen molar-refractivity contribution < 1.29 is 19.4 Å². The van der Waals surface area contributed by atoms with Crippen LogP contribution in [0.3, 0.4) is 0 Å². The summed E-state index contributed by atoms with van der Waals surface area (Å²) in [7, 11) is 0. The van der Waals surface area contributed by atoms with Gasteiger partial charge in [-0.25, -0.2) is 0 Å². The fourth-order valence-electron chi connectivity index (χ4n) is 2.48. The minimum atomic E-state index is -0.789. The summed E-state index contributed by atoms with van der Waals surface area (Å²) >= 11 is 6.62. The molecule has 1 aliphatic heterocycles. The third-order valence-electron chi connectivity index (χ3n) is 3.70. The van der Waals surface area contributed by atoms with Gasteiger partial charge >= 0.3 is 5.97 Å². The molecular weight excluding hydrogens is 370 g/mol. The van der Waals surface area contributed by atoms with Crippen molar-refractivity contribution in [2.24, 2.45) is 0 Å². The fraction of sp³-hybridized carbons (Fsp3) is 0.421. The van der Waals surface area contributed by atoms with Crippen LogP contribution in [0.2, 0.25) is 0 Å². The van der Waals surface area contributed by atoms with E-state index in [4.69, 9.17) is 22.1 Å². The third kappa shape index (κ3) is 6.14. The van der Waals surface area contributed by atoms with Gasteiger partial charge in [0.25, 0.3) is 5.91 Å². The van der Waals surface area contributed by atoms with E-state index in [1.54, 1.807) is 4.90 Å². The van der Waals surface area contributed by atoms with E-state index >= 15 is 0 Å². The number of rotatable bonds is 9. The van der Waals surface area contributed by atoms with Crippen molar-refractivity contribution in [1.82, 2.24) is 4.90 Å². The number of amides is 1. The smallest absolute Gasteiger partial charge is 0.303 e. The van der Waals surface area contributed by atoms with Crippen LogP contribution < -0.4 is 4.74 Å². The number of thioether (sulfide) groups is 1. The topological polar surface area (TPSA) is 66.8 Å². The van der Waals surface area contributed by atoms with E-state index in [0.29, 0.717) is 22.2 Å². The summed E-state index contributed by atoms with van der Waals surface area (Å²) in [4.78, 5) is 25.3. The zero-order valence-corrected chi connectivity index (χ0v) is 16.6. The van der Waals surface area contributed by atoms with Crippen molar-refractivity contribution in [2.45, 2.75) is 45.6 Å². The van der Waals surface area contributed by atoms with Crippen LogP contribution in [-0.4, -0.2) is 38.9 Å². The van der Waals surface area contributed by atoms with E-state index in [-0.39, 0.29) is 18.4 Å². The summed E-state index contributed by atoms with van der Waals surface area (Å²) in [5, 5.41) is 8.64. The number of benzene rings is 1. The SMILES string of the molecule is CC(C)Oc1ccc(/C=C2\SC(=S)N(CCCCCC(=O)O)C2=O)cc1. The zero-order chi connectivity index (χ0) is 19.1. The van der Waals surface area contributed by atoms with E-state index in [1.807, 2.05) is 44.2 Å². The Morgan fingerprint density at radius 3 is 2.58 bits per heavy atom. The van der Waals surface area contributed by atoms with E-state index in [0.717, 1.165) is 24.2 Å². The molecular formula is C19H23NO4S2. The Hall–Kier alpha value is -1.86. The van der Waals surface area contributed by atoms with Gasteiger partial charge in [-0.05, 0) is 50.5 Å². The van der Waals surface area contributed by atoms with Crippen molar-refractivity contribution in [3.8, 4) is 5.75 Å². The van der Waals surface area contributed by atoms with Crippen molar-refractivity contribution in [2.75, 3.05) is 6.54 Å². The maximum atomic E-state index is 12.5. The highest BCUT2D eigenvalue weighted by Gasteiger charge is 2.31. The lowest BCUT2D eigenvalue weighted by Gasteiger charge is -2.13. The van der Waals surface area contributed by atoms with Gasteiger partial charge in [0.2, 0.25) is 0 Å². The Balaban J connectivity index is 1.92. The number of carboxylic acid groups (broad SMARTS) is 1. The van der Waals surface area contributed by atoms with Gasteiger partial charge in [-0.15, -0.1) is 0 Å². The van der Waals surface area contributed by atoms with Gasteiger partial charge in [-0.1, -0.05) is 42.5 Å². The molecule has 2 rings (SSSR count). The van der Waals surface area contributed by atoms with E-state index in [2.05, 4.69) is 0 Å². The molecule has 1 aliphatic rings. The van der Waals surface area contributed by atoms with Gasteiger partial charge < -0.3 is 9.84 Å². The Labute approximate surface area is 163 Å². The molecule has 140 valence electrons. The Bertz CT molecular complexity index is 698. The number of carbonyl (C=O) groups is 2. The van der Waals surface area contributed by atoms with Crippen LogP contribution in [0.25, 0.3) is 6.08 Å². The second-order valence-corrected chi connectivity index (χ2v) is 7.95. The summed E-state index contributed by atoms with van der Waals surface area (Å²) in [5.74, 6) is -0.0739. The van der Waals surface area contributed by atoms with Gasteiger partial charge in [0.15, 0.2) is 0 Å². The monoisotopic (exact) mass is 393 g/mol. The molecule has 0 aliphatic carbocycles. The van der Waals surface area contributed by atoms with Gasteiger partial charge in [-0.2, -0.15) is 0 Å². The summed E-state index contributed by atoms with van der Waals surface area (Å²) in [5.41, 5.74) is 0.920. The number of ether oxygens (including phenoxy) is 1. The summed E-state index contributed by atoms with van der Waals surface area (Å²) in [6.45, 7) is 4.48. The predicted molar refractivity (Wildman–Crippen MR) is 108 cm³/mol. The van der Waals surface area contributed by atoms with E-state index in [9.17, 15) is 9.59 Å². The molecule has 1 N–H and O–H groups in total. The van der Waals surface area contributed by atoms with Crippen LogP contribution in [0.4, 0.5) is 0 Å². The molecule has 0 unspecified atom stereocenters. The zero-order valence-electron chi connectivity index (χ0n) is 14.9. The number of hydrogen-bond acceptors (Lipinski definition) is 5. The molecule has 1 heterocycles. The van der Waals surface area contributed by atoms with Crippen molar-refractivity contribution in [3.63, 3.8) is 0 Å². The lowest BCUT2D eigenvalue weighted by Crippen LogP contribution is -2.29. The maximum absolute atomic E-state index is 12.5. The quantitative estimate of drug-likeness (QED) is 0.383. The Morgan fingerprint density at radius 1 is 1.27 bits per heavy atom. The number of carbonyl (C=O) groups excluding carboxylic acids is 1. The summed E-state index contributed by atoms with van der Waals surface area (Å²) in [6.07, 6.45) is 4.24. The molecule has 7 heteroatoms. The Morgan fingerprint density at radius 2 is 1.96 bits per heavy atom. The highest BCUT2D eigenvalue weighted by molar-refractivity contribution is 8.26. The maximum Gasteiger partial charge on any atom is 0.303 e. The molecule has 26 heavy (non-hydrogen) atoms. The fourth-order valence-corrected chi connectivity index (χ4v) is 3.79.